The van der Waals surface area contributed by atoms with Gasteiger partial charge in [0, 0.05) is 32.9 Å². The van der Waals surface area contributed by atoms with Crippen molar-refractivity contribution in [1.82, 2.24) is 14.5 Å². The molecular formula is C14H26N4O. The summed E-state index contributed by atoms with van der Waals surface area (Å²) in [6, 6.07) is 0.256. The van der Waals surface area contributed by atoms with E-state index in [2.05, 4.69) is 21.4 Å². The molecule has 2 N–H and O–H groups in total. The number of nitrogens with zero attached hydrogens (tertiary/aromatic N) is 3. The van der Waals surface area contributed by atoms with Gasteiger partial charge in [-0.3, -0.25) is 4.90 Å². The standard InChI is InChI=1S/C14H26N4O/c1-3-6-18-11-16-9-14(18)13(8-15)17-7-4-5-12(10-17)19-2/h9,11-13H,3-8,10,15H2,1-2H3. The van der Waals surface area contributed by atoms with Crippen LogP contribution in [0.1, 0.15) is 37.9 Å². The average molecular weight is 266 g/mol. The second-order valence-electron chi connectivity index (χ2n) is 5.26. The predicted molar refractivity (Wildman–Crippen MR) is 75.9 cm³/mol. The van der Waals surface area contributed by atoms with Crippen molar-refractivity contribution in [3.05, 3.63) is 18.2 Å². The molecule has 0 aliphatic carbocycles. The Morgan fingerprint density at radius 3 is 3.11 bits per heavy atom. The number of methoxy groups -OCH3 is 1. The first-order valence-corrected chi connectivity index (χ1v) is 7.27. The summed E-state index contributed by atoms with van der Waals surface area (Å²) in [5.41, 5.74) is 7.26. The van der Waals surface area contributed by atoms with Crippen molar-refractivity contribution in [3.63, 3.8) is 0 Å². The fourth-order valence-corrected chi connectivity index (χ4v) is 2.93. The number of hydrogen-bond acceptors (Lipinski definition) is 4. The summed E-state index contributed by atoms with van der Waals surface area (Å²) in [6.07, 6.45) is 7.66. The summed E-state index contributed by atoms with van der Waals surface area (Å²) in [7, 11) is 1.80. The lowest BCUT2D eigenvalue weighted by molar-refractivity contribution is 0.0142. The highest BCUT2D eigenvalue weighted by Crippen LogP contribution is 2.24. The fourth-order valence-electron chi connectivity index (χ4n) is 2.93. The van der Waals surface area contributed by atoms with Gasteiger partial charge in [-0.15, -0.1) is 0 Å². The molecule has 0 bridgehead atoms. The molecule has 5 heteroatoms. The number of aryl methyl sites for hydroxylation is 1. The summed E-state index contributed by atoms with van der Waals surface area (Å²) in [4.78, 5) is 6.74. The molecule has 1 aliphatic heterocycles. The van der Waals surface area contributed by atoms with Crippen LogP contribution in [0.3, 0.4) is 0 Å². The third kappa shape index (κ3) is 3.35. The van der Waals surface area contributed by atoms with Crippen molar-refractivity contribution < 1.29 is 4.74 Å². The number of piperidine rings is 1. The zero-order valence-corrected chi connectivity index (χ0v) is 12.1. The summed E-state index contributed by atoms with van der Waals surface area (Å²) < 4.78 is 7.74. The van der Waals surface area contributed by atoms with Gasteiger partial charge in [-0.25, -0.2) is 4.98 Å². The van der Waals surface area contributed by atoms with E-state index in [-0.39, 0.29) is 6.04 Å². The van der Waals surface area contributed by atoms with E-state index in [0.29, 0.717) is 12.6 Å². The molecule has 2 atom stereocenters. The molecular weight excluding hydrogens is 240 g/mol. The molecule has 0 spiro atoms. The summed E-state index contributed by atoms with van der Waals surface area (Å²) in [6.45, 7) is 5.89. The van der Waals surface area contributed by atoms with Crippen LogP contribution in [0.15, 0.2) is 12.5 Å². The fraction of sp³-hybridized carbons (Fsp3) is 0.786. The van der Waals surface area contributed by atoms with Crippen molar-refractivity contribution in [1.29, 1.82) is 0 Å². The van der Waals surface area contributed by atoms with E-state index in [1.165, 1.54) is 12.1 Å². The molecule has 19 heavy (non-hydrogen) atoms. The molecule has 5 nitrogen and oxygen atoms in total. The number of likely N-dealkylation sites (tertiary alicyclic amines) is 1. The molecule has 108 valence electrons. The molecule has 2 unspecified atom stereocenters. The molecule has 0 aromatic carbocycles. The van der Waals surface area contributed by atoms with E-state index in [9.17, 15) is 0 Å². The first-order valence-electron chi connectivity index (χ1n) is 7.27. The largest absolute Gasteiger partial charge is 0.380 e. The number of imidazole rings is 1. The van der Waals surface area contributed by atoms with E-state index in [1.54, 1.807) is 7.11 Å². The summed E-state index contributed by atoms with van der Waals surface area (Å²) >= 11 is 0. The van der Waals surface area contributed by atoms with Crippen LogP contribution >= 0.6 is 0 Å². The van der Waals surface area contributed by atoms with Crippen LogP contribution in [-0.4, -0.2) is 47.3 Å². The zero-order chi connectivity index (χ0) is 13.7. The Balaban J connectivity index is 2.12. The van der Waals surface area contributed by atoms with Gasteiger partial charge in [0.05, 0.1) is 24.2 Å². The van der Waals surface area contributed by atoms with Gasteiger partial charge in [0.25, 0.3) is 0 Å². The monoisotopic (exact) mass is 266 g/mol. The van der Waals surface area contributed by atoms with Crippen molar-refractivity contribution >= 4 is 0 Å². The van der Waals surface area contributed by atoms with Crippen molar-refractivity contribution in [3.8, 4) is 0 Å². The van der Waals surface area contributed by atoms with Gasteiger partial charge in [-0.05, 0) is 25.8 Å². The van der Waals surface area contributed by atoms with Crippen LogP contribution in [0.4, 0.5) is 0 Å². The van der Waals surface area contributed by atoms with Gasteiger partial charge < -0.3 is 15.0 Å². The molecule has 1 aromatic rings. The van der Waals surface area contributed by atoms with Crippen molar-refractivity contribution in [2.24, 2.45) is 5.73 Å². The number of ether oxygens (including phenoxy) is 1. The lowest BCUT2D eigenvalue weighted by Gasteiger charge is -2.37. The Hall–Kier alpha value is -0.910. The van der Waals surface area contributed by atoms with Gasteiger partial charge in [0.2, 0.25) is 0 Å². The first-order chi connectivity index (χ1) is 9.30. The zero-order valence-electron chi connectivity index (χ0n) is 12.1. The minimum atomic E-state index is 0.256. The van der Waals surface area contributed by atoms with Crippen LogP contribution in [-0.2, 0) is 11.3 Å². The van der Waals surface area contributed by atoms with E-state index >= 15 is 0 Å². The minimum Gasteiger partial charge on any atom is -0.380 e. The van der Waals surface area contributed by atoms with Crippen LogP contribution in [0.2, 0.25) is 0 Å². The lowest BCUT2D eigenvalue weighted by atomic mass is 10.0. The normalized spacial score (nSPS) is 22.6. The highest BCUT2D eigenvalue weighted by atomic mass is 16.5. The lowest BCUT2D eigenvalue weighted by Crippen LogP contribution is -2.44. The molecule has 1 aliphatic rings. The number of aromatic nitrogens is 2. The van der Waals surface area contributed by atoms with E-state index in [0.717, 1.165) is 32.5 Å². The predicted octanol–water partition coefficient (Wildman–Crippen LogP) is 1.40. The van der Waals surface area contributed by atoms with E-state index in [1.807, 2.05) is 12.5 Å². The Bertz CT molecular complexity index is 379. The molecule has 1 aromatic heterocycles. The average Bonchev–Trinajstić information content (AvgIpc) is 2.89. The van der Waals surface area contributed by atoms with Crippen molar-refractivity contribution in [2.75, 3.05) is 26.7 Å². The smallest absolute Gasteiger partial charge is 0.0948 e. The number of hydrogen-bond donors (Lipinski definition) is 1. The highest BCUT2D eigenvalue weighted by Gasteiger charge is 2.27. The van der Waals surface area contributed by atoms with Gasteiger partial charge in [0.15, 0.2) is 0 Å². The Kier molecular flexibility index (Phi) is 5.36. The SMILES string of the molecule is CCCn1cncc1C(CN)N1CCCC(OC)C1. The maximum Gasteiger partial charge on any atom is 0.0948 e. The maximum atomic E-state index is 6.02. The first kappa shape index (κ1) is 14.5. The second-order valence-corrected chi connectivity index (χ2v) is 5.26. The molecule has 0 saturated carbocycles. The third-order valence-corrected chi connectivity index (χ3v) is 3.96. The summed E-state index contributed by atoms with van der Waals surface area (Å²) in [5.74, 6) is 0. The molecule has 2 heterocycles. The second kappa shape index (κ2) is 7.03. The Morgan fingerprint density at radius 2 is 2.42 bits per heavy atom. The number of rotatable bonds is 6. The quantitative estimate of drug-likeness (QED) is 0.845. The number of nitrogens with two attached hydrogens (primary N) is 1. The van der Waals surface area contributed by atoms with Crippen LogP contribution in [0.25, 0.3) is 0 Å². The van der Waals surface area contributed by atoms with Gasteiger partial charge >= 0.3 is 0 Å². The van der Waals surface area contributed by atoms with E-state index < -0.39 is 0 Å². The minimum absolute atomic E-state index is 0.256. The molecule has 1 fully saturated rings. The highest BCUT2D eigenvalue weighted by molar-refractivity contribution is 5.07. The van der Waals surface area contributed by atoms with Crippen LogP contribution in [0, 0.1) is 0 Å². The topological polar surface area (TPSA) is 56.3 Å². The van der Waals surface area contributed by atoms with Crippen LogP contribution < -0.4 is 5.73 Å². The van der Waals surface area contributed by atoms with Gasteiger partial charge in [-0.2, -0.15) is 0 Å². The summed E-state index contributed by atoms with van der Waals surface area (Å²) in [5, 5.41) is 0. The Morgan fingerprint density at radius 1 is 1.58 bits per heavy atom. The van der Waals surface area contributed by atoms with E-state index in [4.69, 9.17) is 10.5 Å². The van der Waals surface area contributed by atoms with Gasteiger partial charge in [0.1, 0.15) is 0 Å². The molecule has 0 radical (unpaired) electrons. The molecule has 2 rings (SSSR count). The third-order valence-electron chi connectivity index (χ3n) is 3.96. The van der Waals surface area contributed by atoms with Crippen LogP contribution in [0.5, 0.6) is 0 Å². The van der Waals surface area contributed by atoms with Gasteiger partial charge in [-0.1, -0.05) is 6.92 Å². The molecule has 1 saturated heterocycles. The molecule has 0 amide bonds. The maximum absolute atomic E-state index is 6.02. The Labute approximate surface area is 115 Å². The van der Waals surface area contributed by atoms with Crippen molar-refractivity contribution in [2.45, 2.75) is 44.9 Å².